The third kappa shape index (κ3) is 2.46. The summed E-state index contributed by atoms with van der Waals surface area (Å²) < 4.78 is 1.67. The Labute approximate surface area is 139 Å². The number of nitrogens with one attached hydrogen (secondary N) is 1. The summed E-state index contributed by atoms with van der Waals surface area (Å²) in [5, 5.41) is 11.8. The Hall–Kier alpha value is -2.70. The van der Waals surface area contributed by atoms with Crippen LogP contribution in [0.1, 0.15) is 46.2 Å². The Morgan fingerprint density at radius 1 is 1.38 bits per heavy atom. The number of aryl methyl sites for hydroxylation is 2. The van der Waals surface area contributed by atoms with Gasteiger partial charge in [0.2, 0.25) is 0 Å². The third-order valence-corrected chi connectivity index (χ3v) is 4.64. The lowest BCUT2D eigenvalue weighted by molar-refractivity contribution is 0.0707. The lowest BCUT2D eigenvalue weighted by Gasteiger charge is -2.31. The van der Waals surface area contributed by atoms with Gasteiger partial charge in [-0.1, -0.05) is 0 Å². The Morgan fingerprint density at radius 2 is 2.25 bits per heavy atom. The quantitative estimate of drug-likeness (QED) is 0.783. The molecule has 1 atom stereocenters. The molecule has 1 saturated heterocycles. The van der Waals surface area contributed by atoms with Gasteiger partial charge in [-0.2, -0.15) is 10.2 Å². The number of hydrogen-bond acceptors (Lipinski definition) is 4. The van der Waals surface area contributed by atoms with Crippen LogP contribution in [0.2, 0.25) is 0 Å². The van der Waals surface area contributed by atoms with E-state index in [1.54, 1.807) is 10.7 Å². The monoisotopic (exact) mass is 324 g/mol. The van der Waals surface area contributed by atoms with Gasteiger partial charge in [0.1, 0.15) is 5.56 Å². The molecule has 1 aliphatic heterocycles. The summed E-state index contributed by atoms with van der Waals surface area (Å²) in [7, 11) is 0. The van der Waals surface area contributed by atoms with Crippen LogP contribution >= 0.6 is 0 Å². The molecular formula is C17H20N6O. The number of nitrogens with zero attached hydrogens (tertiary/aromatic N) is 5. The normalized spacial score (nSPS) is 18.2. The van der Waals surface area contributed by atoms with Crippen molar-refractivity contribution in [3.05, 3.63) is 47.2 Å². The number of amides is 1. The fourth-order valence-electron chi connectivity index (χ4n) is 3.46. The van der Waals surface area contributed by atoms with E-state index in [0.717, 1.165) is 36.5 Å². The molecule has 4 heterocycles. The molecule has 1 fully saturated rings. The highest BCUT2D eigenvalue weighted by Gasteiger charge is 2.29. The van der Waals surface area contributed by atoms with Gasteiger partial charge in [-0.15, -0.1) is 0 Å². The molecule has 3 aromatic rings. The summed E-state index contributed by atoms with van der Waals surface area (Å²) in [6.45, 7) is 5.31. The van der Waals surface area contributed by atoms with Crippen LogP contribution in [-0.2, 0) is 0 Å². The second-order valence-corrected chi connectivity index (χ2v) is 6.41. The van der Waals surface area contributed by atoms with Gasteiger partial charge in [-0.3, -0.25) is 9.89 Å². The number of H-pyrrole nitrogens is 1. The molecule has 0 spiro atoms. The Balaban J connectivity index is 1.62. The Bertz CT molecular complexity index is 896. The van der Waals surface area contributed by atoms with E-state index < -0.39 is 0 Å². The maximum atomic E-state index is 13.1. The first-order chi connectivity index (χ1) is 11.6. The molecular weight excluding hydrogens is 304 g/mol. The van der Waals surface area contributed by atoms with Crippen LogP contribution in [0, 0.1) is 13.8 Å². The molecule has 3 aromatic heterocycles. The maximum absolute atomic E-state index is 13.1. The number of carbonyl (C=O) groups excluding carboxylic acids is 1. The van der Waals surface area contributed by atoms with Crippen molar-refractivity contribution >= 4 is 11.6 Å². The first-order valence-electron chi connectivity index (χ1n) is 8.24. The minimum absolute atomic E-state index is 0.0122. The van der Waals surface area contributed by atoms with E-state index in [1.165, 1.54) is 0 Å². The predicted molar refractivity (Wildman–Crippen MR) is 88.9 cm³/mol. The molecule has 0 radical (unpaired) electrons. The maximum Gasteiger partial charge on any atom is 0.259 e. The summed E-state index contributed by atoms with van der Waals surface area (Å²) in [5.41, 5.74) is 4.04. The van der Waals surface area contributed by atoms with Gasteiger partial charge in [0.05, 0.1) is 11.4 Å². The van der Waals surface area contributed by atoms with E-state index >= 15 is 0 Å². The molecule has 1 amide bonds. The Morgan fingerprint density at radius 3 is 3.04 bits per heavy atom. The van der Waals surface area contributed by atoms with Gasteiger partial charge >= 0.3 is 0 Å². The molecule has 7 nitrogen and oxygen atoms in total. The summed E-state index contributed by atoms with van der Waals surface area (Å²) in [4.78, 5) is 19.3. The molecule has 0 bridgehead atoms. The van der Waals surface area contributed by atoms with Crippen molar-refractivity contribution in [1.29, 1.82) is 0 Å². The first kappa shape index (κ1) is 14.9. The standard InChI is InChI=1S/C17H20N6O/c1-11-9-14(20-19-11)13-5-3-7-22(10-13)17(24)15-12(2)21-23-8-4-6-18-16(15)23/h4,6,8-9,13H,3,5,7,10H2,1-2H3,(H,19,20)/t13-/m1/s1. The second-order valence-electron chi connectivity index (χ2n) is 6.41. The molecule has 0 saturated carbocycles. The van der Waals surface area contributed by atoms with Gasteiger partial charge in [-0.05, 0) is 38.8 Å². The van der Waals surface area contributed by atoms with Crippen molar-refractivity contribution in [2.24, 2.45) is 0 Å². The van der Waals surface area contributed by atoms with Crippen LogP contribution in [0.25, 0.3) is 5.65 Å². The number of piperidine rings is 1. The second kappa shape index (κ2) is 5.74. The SMILES string of the molecule is Cc1cc([C@@H]2CCCN(C(=O)c3c(C)nn4cccnc34)C2)n[nH]1. The minimum Gasteiger partial charge on any atom is -0.338 e. The van der Waals surface area contributed by atoms with Gasteiger partial charge in [-0.25, -0.2) is 9.50 Å². The van der Waals surface area contributed by atoms with E-state index in [9.17, 15) is 4.79 Å². The van der Waals surface area contributed by atoms with Crippen molar-refractivity contribution in [2.75, 3.05) is 13.1 Å². The summed E-state index contributed by atoms with van der Waals surface area (Å²) in [6, 6.07) is 3.88. The highest BCUT2D eigenvalue weighted by molar-refractivity contribution is 6.01. The average Bonchev–Trinajstić information content (AvgIpc) is 3.17. The Kier molecular flexibility index (Phi) is 3.55. The number of aromatic nitrogens is 5. The molecule has 124 valence electrons. The van der Waals surface area contributed by atoms with Crippen LogP contribution in [0.5, 0.6) is 0 Å². The van der Waals surface area contributed by atoms with E-state index in [4.69, 9.17) is 0 Å². The summed E-state index contributed by atoms with van der Waals surface area (Å²) >= 11 is 0. The van der Waals surface area contributed by atoms with Crippen molar-refractivity contribution in [3.8, 4) is 0 Å². The zero-order valence-corrected chi connectivity index (χ0v) is 13.9. The number of aromatic amines is 1. The molecule has 7 heteroatoms. The van der Waals surface area contributed by atoms with Crippen molar-refractivity contribution in [3.63, 3.8) is 0 Å². The summed E-state index contributed by atoms with van der Waals surface area (Å²) in [6.07, 6.45) is 5.55. The largest absolute Gasteiger partial charge is 0.338 e. The predicted octanol–water partition coefficient (Wildman–Crippen LogP) is 2.09. The highest BCUT2D eigenvalue weighted by Crippen LogP contribution is 2.27. The number of likely N-dealkylation sites (tertiary alicyclic amines) is 1. The number of carbonyl (C=O) groups is 1. The van der Waals surface area contributed by atoms with E-state index in [1.807, 2.05) is 31.0 Å². The topological polar surface area (TPSA) is 79.2 Å². The van der Waals surface area contributed by atoms with Crippen LogP contribution in [-0.4, -0.2) is 48.7 Å². The smallest absolute Gasteiger partial charge is 0.259 e. The highest BCUT2D eigenvalue weighted by atomic mass is 16.2. The number of hydrogen-bond donors (Lipinski definition) is 1. The first-order valence-corrected chi connectivity index (χ1v) is 8.24. The van der Waals surface area contributed by atoms with Crippen molar-refractivity contribution in [1.82, 2.24) is 29.7 Å². The van der Waals surface area contributed by atoms with E-state index in [2.05, 4.69) is 26.3 Å². The fourth-order valence-corrected chi connectivity index (χ4v) is 3.46. The molecule has 0 aliphatic carbocycles. The lowest BCUT2D eigenvalue weighted by atomic mass is 9.94. The minimum atomic E-state index is 0.0122. The van der Waals surface area contributed by atoms with E-state index in [0.29, 0.717) is 17.8 Å². The third-order valence-electron chi connectivity index (χ3n) is 4.64. The van der Waals surface area contributed by atoms with E-state index in [-0.39, 0.29) is 11.8 Å². The zero-order chi connectivity index (χ0) is 16.7. The molecule has 1 aliphatic rings. The molecule has 0 aromatic carbocycles. The van der Waals surface area contributed by atoms with Gasteiger partial charge in [0.15, 0.2) is 5.65 Å². The van der Waals surface area contributed by atoms with Gasteiger partial charge < -0.3 is 4.90 Å². The number of rotatable bonds is 2. The van der Waals surface area contributed by atoms with Crippen LogP contribution in [0.3, 0.4) is 0 Å². The zero-order valence-electron chi connectivity index (χ0n) is 13.9. The van der Waals surface area contributed by atoms with Crippen LogP contribution < -0.4 is 0 Å². The fraction of sp³-hybridized carbons (Fsp3) is 0.412. The van der Waals surface area contributed by atoms with Gasteiger partial charge in [0, 0.05) is 37.1 Å². The molecule has 24 heavy (non-hydrogen) atoms. The molecule has 0 unspecified atom stereocenters. The molecule has 4 rings (SSSR count). The number of fused-ring (bicyclic) bond motifs is 1. The van der Waals surface area contributed by atoms with Gasteiger partial charge in [0.25, 0.3) is 5.91 Å². The lowest BCUT2D eigenvalue weighted by Crippen LogP contribution is -2.39. The average molecular weight is 324 g/mol. The van der Waals surface area contributed by atoms with Crippen molar-refractivity contribution < 1.29 is 4.79 Å². The molecule has 1 N–H and O–H groups in total. The van der Waals surface area contributed by atoms with Crippen LogP contribution in [0.15, 0.2) is 24.5 Å². The van der Waals surface area contributed by atoms with Crippen LogP contribution in [0.4, 0.5) is 0 Å². The van der Waals surface area contributed by atoms with Crippen molar-refractivity contribution in [2.45, 2.75) is 32.6 Å². The summed E-state index contributed by atoms with van der Waals surface area (Å²) in [5.74, 6) is 0.293.